The Hall–Kier alpha value is -1.60. The molecule has 1 N–H and O–H groups in total. The summed E-state index contributed by atoms with van der Waals surface area (Å²) in [4.78, 5) is 13.3. The van der Waals surface area contributed by atoms with Crippen LogP contribution in [-0.2, 0) is 16.1 Å². The largest absolute Gasteiger partial charge is 0.471 e. The van der Waals surface area contributed by atoms with Crippen molar-refractivity contribution in [3.63, 3.8) is 0 Å². The van der Waals surface area contributed by atoms with Gasteiger partial charge in [-0.25, -0.2) is 0 Å². The number of amides is 1. The van der Waals surface area contributed by atoms with Gasteiger partial charge in [0, 0.05) is 19.6 Å². The van der Waals surface area contributed by atoms with Gasteiger partial charge in [-0.05, 0) is 5.56 Å². The third kappa shape index (κ3) is 2.96. The Bertz CT molecular complexity index is 543. The van der Waals surface area contributed by atoms with Crippen LogP contribution in [0.2, 0.25) is 0 Å². The fourth-order valence-electron chi connectivity index (χ4n) is 3.13. The number of carbonyl (C=O) groups is 1. The molecule has 0 unspecified atom stereocenters. The highest BCUT2D eigenvalue weighted by Gasteiger charge is 2.54. The lowest BCUT2D eigenvalue weighted by Crippen LogP contribution is -2.59. The molecule has 4 nitrogen and oxygen atoms in total. The Morgan fingerprint density at radius 1 is 1.32 bits per heavy atom. The Balaban J connectivity index is 1.67. The fraction of sp³-hybridized carbons (Fsp3) is 0.533. The van der Waals surface area contributed by atoms with E-state index in [-0.39, 0.29) is 0 Å². The van der Waals surface area contributed by atoms with Crippen LogP contribution in [0.4, 0.5) is 13.2 Å². The van der Waals surface area contributed by atoms with Gasteiger partial charge in [0.2, 0.25) is 0 Å². The second-order valence-corrected chi connectivity index (χ2v) is 6.03. The van der Waals surface area contributed by atoms with E-state index in [2.05, 4.69) is 10.2 Å². The van der Waals surface area contributed by atoms with Crippen LogP contribution in [0, 0.1) is 5.41 Å². The Labute approximate surface area is 126 Å². The van der Waals surface area contributed by atoms with E-state index < -0.39 is 23.5 Å². The highest BCUT2D eigenvalue weighted by atomic mass is 19.4. The molecule has 1 aromatic carbocycles. The number of nitrogens with zero attached hydrogens (tertiary/aromatic N) is 1. The average molecular weight is 314 g/mol. The van der Waals surface area contributed by atoms with Crippen molar-refractivity contribution in [1.29, 1.82) is 0 Å². The summed E-state index contributed by atoms with van der Waals surface area (Å²) >= 11 is 0. The zero-order valence-electron chi connectivity index (χ0n) is 11.9. The van der Waals surface area contributed by atoms with Crippen molar-refractivity contribution in [1.82, 2.24) is 10.2 Å². The number of nitrogens with one attached hydrogen (secondary N) is 1. The first kappa shape index (κ1) is 15.3. The lowest BCUT2D eigenvalue weighted by atomic mass is 9.81. The summed E-state index contributed by atoms with van der Waals surface area (Å²) in [6, 6.07) is 9.20. The normalized spacial score (nSPS) is 24.2. The van der Waals surface area contributed by atoms with Gasteiger partial charge in [0.05, 0.1) is 24.7 Å². The van der Waals surface area contributed by atoms with Gasteiger partial charge < -0.3 is 10.1 Å². The zero-order chi connectivity index (χ0) is 15.8. The minimum Gasteiger partial charge on any atom is -0.380 e. The van der Waals surface area contributed by atoms with Crippen LogP contribution in [0.1, 0.15) is 5.56 Å². The maximum Gasteiger partial charge on any atom is 0.471 e. The molecule has 0 saturated carbocycles. The smallest absolute Gasteiger partial charge is 0.380 e. The minimum atomic E-state index is -4.85. The summed E-state index contributed by atoms with van der Waals surface area (Å²) < 4.78 is 42.6. The Morgan fingerprint density at radius 2 is 2.00 bits per heavy atom. The quantitative estimate of drug-likeness (QED) is 0.921. The number of likely N-dealkylation sites (tertiary alicyclic amines) is 1. The molecule has 1 amide bonds. The van der Waals surface area contributed by atoms with Crippen molar-refractivity contribution in [3.8, 4) is 0 Å². The number of carbonyl (C=O) groups excluding carboxylic acids is 1. The molecule has 2 saturated heterocycles. The van der Waals surface area contributed by atoms with Crippen molar-refractivity contribution in [2.24, 2.45) is 5.41 Å². The molecular weight excluding hydrogens is 297 g/mol. The minimum absolute atomic E-state index is 0.390. The van der Waals surface area contributed by atoms with Crippen molar-refractivity contribution in [2.45, 2.75) is 18.8 Å². The fourth-order valence-corrected chi connectivity index (χ4v) is 3.13. The predicted molar refractivity (Wildman–Crippen MR) is 73.0 cm³/mol. The Morgan fingerprint density at radius 3 is 2.55 bits per heavy atom. The second-order valence-electron chi connectivity index (χ2n) is 6.03. The zero-order valence-corrected chi connectivity index (χ0v) is 11.9. The molecule has 120 valence electrons. The second kappa shape index (κ2) is 5.55. The molecule has 0 aliphatic carbocycles. The summed E-state index contributed by atoms with van der Waals surface area (Å²) in [5, 5.41) is 2.14. The molecule has 0 bridgehead atoms. The molecule has 2 heterocycles. The number of ether oxygens (including phenoxy) is 1. The van der Waals surface area contributed by atoms with Crippen LogP contribution in [0.15, 0.2) is 30.3 Å². The van der Waals surface area contributed by atoms with E-state index in [0.717, 1.165) is 5.56 Å². The van der Waals surface area contributed by atoms with E-state index in [1.165, 1.54) is 0 Å². The third-order valence-electron chi connectivity index (χ3n) is 4.31. The highest BCUT2D eigenvalue weighted by molar-refractivity contribution is 5.82. The van der Waals surface area contributed by atoms with Crippen molar-refractivity contribution in [3.05, 3.63) is 35.9 Å². The number of hydrogen-bond acceptors (Lipinski definition) is 3. The highest BCUT2D eigenvalue weighted by Crippen LogP contribution is 2.38. The molecule has 7 heteroatoms. The van der Waals surface area contributed by atoms with Crippen LogP contribution in [0.5, 0.6) is 0 Å². The first-order valence-electron chi connectivity index (χ1n) is 7.11. The van der Waals surface area contributed by atoms with E-state index in [1.54, 1.807) is 0 Å². The third-order valence-corrected chi connectivity index (χ3v) is 4.31. The molecule has 1 atom stereocenters. The van der Waals surface area contributed by atoms with Gasteiger partial charge in [-0.2, -0.15) is 13.2 Å². The maximum absolute atomic E-state index is 12.5. The molecule has 1 spiro atoms. The van der Waals surface area contributed by atoms with Crippen LogP contribution in [-0.4, -0.2) is 49.3 Å². The summed E-state index contributed by atoms with van der Waals surface area (Å²) in [6.45, 7) is 2.47. The van der Waals surface area contributed by atoms with Gasteiger partial charge in [-0.3, -0.25) is 9.69 Å². The van der Waals surface area contributed by atoms with Crippen molar-refractivity contribution in [2.75, 3.05) is 26.3 Å². The van der Waals surface area contributed by atoms with Crippen LogP contribution >= 0.6 is 0 Å². The number of halogens is 3. The van der Waals surface area contributed by atoms with Crippen molar-refractivity contribution >= 4 is 5.91 Å². The SMILES string of the molecule is O=C(N[C@H]1CN(Cc2ccccc2)CC12COC2)C(F)(F)F. The molecule has 0 aromatic heterocycles. The Kier molecular flexibility index (Phi) is 3.86. The topological polar surface area (TPSA) is 41.6 Å². The maximum atomic E-state index is 12.5. The van der Waals surface area contributed by atoms with E-state index >= 15 is 0 Å². The van der Waals surface area contributed by atoms with E-state index in [9.17, 15) is 18.0 Å². The van der Waals surface area contributed by atoms with E-state index in [0.29, 0.717) is 32.8 Å². The van der Waals surface area contributed by atoms with Crippen molar-refractivity contribution < 1.29 is 22.7 Å². The van der Waals surface area contributed by atoms with Gasteiger partial charge in [0.1, 0.15) is 0 Å². The molecular formula is C15H17F3N2O2. The van der Waals surface area contributed by atoms with Gasteiger partial charge in [0.15, 0.2) is 0 Å². The molecule has 1 aromatic rings. The molecule has 2 aliphatic rings. The summed E-state index contributed by atoms with van der Waals surface area (Å²) in [7, 11) is 0. The van der Waals surface area contributed by atoms with Gasteiger partial charge in [-0.1, -0.05) is 30.3 Å². The summed E-state index contributed by atoms with van der Waals surface area (Å²) in [5.41, 5.74) is 0.705. The van der Waals surface area contributed by atoms with Gasteiger partial charge >= 0.3 is 12.1 Å². The monoisotopic (exact) mass is 314 g/mol. The van der Waals surface area contributed by atoms with E-state index in [4.69, 9.17) is 4.74 Å². The molecule has 2 fully saturated rings. The molecule has 22 heavy (non-hydrogen) atoms. The van der Waals surface area contributed by atoms with Crippen LogP contribution in [0.25, 0.3) is 0 Å². The molecule has 0 radical (unpaired) electrons. The van der Waals surface area contributed by atoms with Crippen LogP contribution < -0.4 is 5.32 Å². The number of hydrogen-bond donors (Lipinski definition) is 1. The summed E-state index contributed by atoms with van der Waals surface area (Å²) in [6.07, 6.45) is -4.85. The first-order valence-corrected chi connectivity index (χ1v) is 7.11. The first-order chi connectivity index (χ1) is 10.4. The van der Waals surface area contributed by atoms with Crippen LogP contribution in [0.3, 0.4) is 0 Å². The van der Waals surface area contributed by atoms with Gasteiger partial charge in [-0.15, -0.1) is 0 Å². The number of rotatable bonds is 3. The predicted octanol–water partition coefficient (Wildman–Crippen LogP) is 1.57. The van der Waals surface area contributed by atoms with E-state index in [1.807, 2.05) is 30.3 Å². The lowest BCUT2D eigenvalue weighted by molar-refractivity contribution is -0.178. The molecule has 2 aliphatic heterocycles. The standard InChI is InChI=1S/C15H17F3N2O2/c16-15(17,18)13(21)19-12-7-20(8-14(12)9-22-10-14)6-11-4-2-1-3-5-11/h1-5,12H,6-10H2,(H,19,21)/t12-/m0/s1. The molecule has 3 rings (SSSR count). The number of benzene rings is 1. The summed E-state index contributed by atoms with van der Waals surface area (Å²) in [5.74, 6) is -1.87. The average Bonchev–Trinajstić information content (AvgIpc) is 2.77. The van der Waals surface area contributed by atoms with Gasteiger partial charge in [0.25, 0.3) is 0 Å². The lowest BCUT2D eigenvalue weighted by Gasteiger charge is -2.42. The number of alkyl halides is 3.